The maximum absolute atomic E-state index is 2.40. The Balaban J connectivity index is 1.16. The lowest BCUT2D eigenvalue weighted by molar-refractivity contribution is 1.09. The lowest BCUT2D eigenvalue weighted by Gasteiger charge is -2.29. The van der Waals surface area contributed by atoms with Crippen LogP contribution in [-0.4, -0.2) is 0 Å². The minimum atomic E-state index is 0.855. The maximum atomic E-state index is 2.40. The van der Waals surface area contributed by atoms with E-state index in [1.54, 1.807) is 0 Å². The van der Waals surface area contributed by atoms with Gasteiger partial charge in [-0.05, 0) is 76.5 Å². The fraction of sp³-hybridized carbons (Fsp3) is 0.0222. The van der Waals surface area contributed by atoms with E-state index in [1.807, 2.05) is 0 Å². The molecule has 0 aromatic heterocycles. The monoisotopic (exact) mass is 602 g/mol. The van der Waals surface area contributed by atoms with Crippen molar-refractivity contribution in [3.8, 4) is 11.1 Å². The van der Waals surface area contributed by atoms with Crippen LogP contribution >= 0.6 is 0 Å². The van der Waals surface area contributed by atoms with Crippen LogP contribution in [-0.2, 0) is 0 Å². The number of hydrogen-bond donors (Lipinski definition) is 0. The Labute approximate surface area is 276 Å². The number of benzene rings is 7. The summed E-state index contributed by atoms with van der Waals surface area (Å²) in [7, 11) is 0. The third kappa shape index (κ3) is 5.62. The molecular weight excluding hydrogens is 569 g/mol. The molecule has 47 heavy (non-hydrogen) atoms. The number of rotatable bonds is 7. The van der Waals surface area contributed by atoms with Gasteiger partial charge in [-0.25, -0.2) is 0 Å². The van der Waals surface area contributed by atoms with E-state index in [0.29, 0.717) is 0 Å². The minimum Gasteiger partial charge on any atom is -0.313 e. The molecule has 0 saturated carbocycles. The first-order valence-corrected chi connectivity index (χ1v) is 16.2. The lowest BCUT2D eigenvalue weighted by atomic mass is 10.0. The topological polar surface area (TPSA) is 6.48 Å². The summed E-state index contributed by atoms with van der Waals surface area (Å²) in [6.45, 7) is 0. The lowest BCUT2D eigenvalue weighted by Crippen LogP contribution is -2.16. The molecule has 0 unspecified atom stereocenters. The molecule has 0 radical (unpaired) electrons. The highest BCUT2D eigenvalue weighted by molar-refractivity contribution is 5.99. The van der Waals surface area contributed by atoms with Gasteiger partial charge in [0, 0.05) is 40.0 Å². The largest absolute Gasteiger partial charge is 0.313 e. The summed E-state index contributed by atoms with van der Waals surface area (Å²) in [5.74, 6) is 0. The standard InChI is InChI=1S/C45H34N2/c1-2-5-19-38(18-4-1)46(44-24-12-16-36-14-8-10-22-42(36)44)40-30-26-34(27-31-40)35-28-32-41(33-29-35)47(39-20-6-3-7-21-39)45-25-13-17-37-15-9-11-23-43(37)45/h1-18,20-33H,19H2. The predicted molar refractivity (Wildman–Crippen MR) is 201 cm³/mol. The summed E-state index contributed by atoms with van der Waals surface area (Å²) in [5.41, 5.74) is 9.35. The second-order valence-corrected chi connectivity index (χ2v) is 11.8. The van der Waals surface area contributed by atoms with Gasteiger partial charge < -0.3 is 9.80 Å². The summed E-state index contributed by atoms with van der Waals surface area (Å²) in [6.07, 6.45) is 11.7. The van der Waals surface area contributed by atoms with E-state index < -0.39 is 0 Å². The Morgan fingerprint density at radius 1 is 0.362 bits per heavy atom. The molecule has 0 atom stereocenters. The van der Waals surface area contributed by atoms with Crippen LogP contribution in [0.2, 0.25) is 0 Å². The van der Waals surface area contributed by atoms with Crippen molar-refractivity contribution in [2.75, 3.05) is 9.80 Å². The second kappa shape index (κ2) is 12.7. The zero-order valence-electron chi connectivity index (χ0n) is 26.1. The van der Waals surface area contributed by atoms with Crippen molar-refractivity contribution in [3.63, 3.8) is 0 Å². The smallest absolute Gasteiger partial charge is 0.0540 e. The van der Waals surface area contributed by atoms with Gasteiger partial charge in [0.05, 0.1) is 11.4 Å². The zero-order valence-corrected chi connectivity index (χ0v) is 26.1. The predicted octanol–water partition coefficient (Wildman–Crippen LogP) is 12.7. The molecule has 0 N–H and O–H groups in total. The molecule has 0 fully saturated rings. The van der Waals surface area contributed by atoms with E-state index in [1.165, 1.54) is 44.1 Å². The third-order valence-electron chi connectivity index (χ3n) is 8.87. The van der Waals surface area contributed by atoms with Gasteiger partial charge in [0.1, 0.15) is 0 Å². The molecule has 8 rings (SSSR count). The second-order valence-electron chi connectivity index (χ2n) is 11.8. The van der Waals surface area contributed by atoms with Crippen molar-refractivity contribution in [2.24, 2.45) is 0 Å². The molecule has 0 heterocycles. The Bertz CT molecular complexity index is 2250. The molecule has 1 aliphatic rings. The third-order valence-corrected chi connectivity index (χ3v) is 8.87. The molecule has 0 saturated heterocycles. The van der Waals surface area contributed by atoms with Gasteiger partial charge >= 0.3 is 0 Å². The van der Waals surface area contributed by atoms with Crippen LogP contribution < -0.4 is 9.80 Å². The average Bonchev–Trinajstić information content (AvgIpc) is 3.43. The van der Waals surface area contributed by atoms with E-state index in [2.05, 4.69) is 204 Å². The first-order valence-electron chi connectivity index (χ1n) is 16.2. The van der Waals surface area contributed by atoms with Crippen molar-refractivity contribution in [3.05, 3.63) is 200 Å². The highest BCUT2D eigenvalue weighted by atomic mass is 15.2. The van der Waals surface area contributed by atoms with E-state index in [0.717, 1.165) is 29.2 Å². The summed E-state index contributed by atoms with van der Waals surface area (Å²) >= 11 is 0. The first-order chi connectivity index (χ1) is 23.3. The van der Waals surface area contributed by atoms with Gasteiger partial charge in [0.25, 0.3) is 0 Å². The van der Waals surface area contributed by atoms with Crippen LogP contribution in [0.3, 0.4) is 0 Å². The van der Waals surface area contributed by atoms with Crippen LogP contribution in [0.1, 0.15) is 6.42 Å². The van der Waals surface area contributed by atoms with Gasteiger partial charge in [-0.2, -0.15) is 0 Å². The molecule has 0 bridgehead atoms. The van der Waals surface area contributed by atoms with Crippen molar-refractivity contribution >= 4 is 50.0 Å². The molecule has 7 aromatic carbocycles. The summed E-state index contributed by atoms with van der Waals surface area (Å²) in [5, 5.41) is 4.93. The number of para-hydroxylation sites is 1. The maximum Gasteiger partial charge on any atom is 0.0540 e. The summed E-state index contributed by atoms with van der Waals surface area (Å²) in [6, 6.07) is 58.8. The van der Waals surface area contributed by atoms with E-state index >= 15 is 0 Å². The molecule has 0 amide bonds. The van der Waals surface area contributed by atoms with Gasteiger partial charge in [0.2, 0.25) is 0 Å². The van der Waals surface area contributed by atoms with Crippen molar-refractivity contribution < 1.29 is 0 Å². The van der Waals surface area contributed by atoms with Gasteiger partial charge in [-0.1, -0.05) is 140 Å². The summed E-state index contributed by atoms with van der Waals surface area (Å²) < 4.78 is 0. The van der Waals surface area contributed by atoms with Gasteiger partial charge in [-0.3, -0.25) is 0 Å². The number of fused-ring (bicyclic) bond motifs is 2. The van der Waals surface area contributed by atoms with Crippen LogP contribution in [0.25, 0.3) is 32.7 Å². The molecule has 0 spiro atoms. The number of nitrogens with zero attached hydrogens (tertiary/aromatic N) is 2. The van der Waals surface area contributed by atoms with Crippen LogP contribution in [0.4, 0.5) is 28.4 Å². The minimum absolute atomic E-state index is 0.855. The molecule has 2 nitrogen and oxygen atoms in total. The molecule has 7 aromatic rings. The Morgan fingerprint density at radius 2 is 0.851 bits per heavy atom. The molecule has 0 aliphatic heterocycles. The number of hydrogen-bond acceptors (Lipinski definition) is 2. The fourth-order valence-corrected chi connectivity index (χ4v) is 6.61. The number of allylic oxidation sites excluding steroid dienone is 5. The Morgan fingerprint density at radius 3 is 1.47 bits per heavy atom. The molecule has 1 aliphatic carbocycles. The van der Waals surface area contributed by atoms with Crippen molar-refractivity contribution in [1.82, 2.24) is 0 Å². The molecule has 224 valence electrons. The summed E-state index contributed by atoms with van der Waals surface area (Å²) in [4.78, 5) is 4.75. The highest BCUT2D eigenvalue weighted by Crippen LogP contribution is 2.41. The van der Waals surface area contributed by atoms with E-state index in [-0.39, 0.29) is 0 Å². The van der Waals surface area contributed by atoms with E-state index in [4.69, 9.17) is 0 Å². The van der Waals surface area contributed by atoms with Crippen molar-refractivity contribution in [2.45, 2.75) is 6.42 Å². The van der Waals surface area contributed by atoms with E-state index in [9.17, 15) is 0 Å². The Hall–Kier alpha value is -6.12. The number of anilines is 5. The van der Waals surface area contributed by atoms with Crippen LogP contribution in [0.5, 0.6) is 0 Å². The fourth-order valence-electron chi connectivity index (χ4n) is 6.61. The zero-order chi connectivity index (χ0) is 31.4. The average molecular weight is 603 g/mol. The van der Waals surface area contributed by atoms with Gasteiger partial charge in [0.15, 0.2) is 0 Å². The van der Waals surface area contributed by atoms with Crippen molar-refractivity contribution in [1.29, 1.82) is 0 Å². The molecule has 2 heteroatoms. The normalized spacial score (nSPS) is 12.6. The SMILES string of the molecule is C1=CC=C(N(c2ccc(-c3ccc(N(c4ccccc4)c4cccc5ccccc45)cc3)cc2)c2cccc3ccccc23)CC=C1. The Kier molecular flexibility index (Phi) is 7.67. The van der Waals surface area contributed by atoms with Crippen LogP contribution in [0.15, 0.2) is 200 Å². The first kappa shape index (κ1) is 28.4. The van der Waals surface area contributed by atoms with Crippen LogP contribution in [0, 0.1) is 0 Å². The quantitative estimate of drug-likeness (QED) is 0.179. The molecular formula is C45H34N2. The van der Waals surface area contributed by atoms with Gasteiger partial charge in [-0.15, -0.1) is 0 Å². The highest BCUT2D eigenvalue weighted by Gasteiger charge is 2.18.